The van der Waals surface area contributed by atoms with Crippen LogP contribution in [0.1, 0.15) is 53.9 Å². The molecule has 1 aliphatic carbocycles. The van der Waals surface area contributed by atoms with Gasteiger partial charge in [0.05, 0.1) is 0 Å². The summed E-state index contributed by atoms with van der Waals surface area (Å²) in [5.74, 6) is 0. The van der Waals surface area contributed by atoms with E-state index in [1.165, 1.54) is 36.0 Å². The van der Waals surface area contributed by atoms with Crippen LogP contribution in [-0.4, -0.2) is 6.29 Å². The van der Waals surface area contributed by atoms with Gasteiger partial charge in [-0.25, -0.2) is 0 Å². The highest BCUT2D eigenvalue weighted by Crippen LogP contribution is 2.40. The molecule has 0 bridgehead atoms. The number of hydrogen-bond donors (Lipinski definition) is 0. The second kappa shape index (κ2) is 7.97. The van der Waals surface area contributed by atoms with Crippen LogP contribution in [0.5, 0.6) is 0 Å². The maximum Gasteiger partial charge on any atom is 0.149 e. The average molecular weight is 284 g/mol. The van der Waals surface area contributed by atoms with Gasteiger partial charge in [-0.3, -0.25) is 4.79 Å². The van der Waals surface area contributed by atoms with E-state index in [-0.39, 0.29) is 5.41 Å². The van der Waals surface area contributed by atoms with Gasteiger partial charge in [0, 0.05) is 5.57 Å². The van der Waals surface area contributed by atoms with E-state index in [0.29, 0.717) is 5.57 Å². The monoisotopic (exact) mass is 284 g/mol. The van der Waals surface area contributed by atoms with Gasteiger partial charge >= 0.3 is 0 Å². The van der Waals surface area contributed by atoms with Crippen molar-refractivity contribution in [3.8, 4) is 0 Å². The Kier molecular flexibility index (Phi) is 6.61. The van der Waals surface area contributed by atoms with Crippen LogP contribution in [0.2, 0.25) is 0 Å². The number of hydrogen-bond acceptors (Lipinski definition) is 1. The van der Waals surface area contributed by atoms with E-state index in [1.807, 2.05) is 25.2 Å². The highest BCUT2D eigenvalue weighted by molar-refractivity contribution is 5.77. The molecular weight excluding hydrogens is 256 g/mol. The molecule has 0 spiro atoms. The predicted octanol–water partition coefficient (Wildman–Crippen LogP) is 5.72. The van der Waals surface area contributed by atoms with E-state index >= 15 is 0 Å². The number of carbonyl (C=O) groups excluding carboxylic acids is 1. The van der Waals surface area contributed by atoms with Gasteiger partial charge in [-0.1, -0.05) is 61.4 Å². The molecule has 0 saturated heterocycles. The lowest BCUT2D eigenvalue weighted by Gasteiger charge is -2.32. The third-order valence-corrected chi connectivity index (χ3v) is 4.17. The highest BCUT2D eigenvalue weighted by atomic mass is 16.1. The molecule has 1 heteroatoms. The molecule has 0 N–H and O–H groups in total. The van der Waals surface area contributed by atoms with Gasteiger partial charge in [-0.2, -0.15) is 0 Å². The summed E-state index contributed by atoms with van der Waals surface area (Å²) in [6, 6.07) is 0. The van der Waals surface area contributed by atoms with Crippen LogP contribution in [0.4, 0.5) is 0 Å². The maximum absolute atomic E-state index is 10.7. The van der Waals surface area contributed by atoms with Crippen molar-refractivity contribution in [2.24, 2.45) is 5.41 Å². The Morgan fingerprint density at radius 3 is 2.52 bits per heavy atom. The molecule has 0 aromatic heterocycles. The fourth-order valence-electron chi connectivity index (χ4n) is 2.80. The normalized spacial score (nSPS) is 20.6. The van der Waals surface area contributed by atoms with Gasteiger partial charge in [0.2, 0.25) is 0 Å². The lowest BCUT2D eigenvalue weighted by Crippen LogP contribution is -2.19. The lowest BCUT2D eigenvalue weighted by molar-refractivity contribution is -0.104. The zero-order valence-electron chi connectivity index (χ0n) is 14.1. The van der Waals surface area contributed by atoms with Crippen molar-refractivity contribution < 1.29 is 4.79 Å². The molecule has 0 radical (unpaired) electrons. The molecule has 0 unspecified atom stereocenters. The van der Waals surface area contributed by atoms with Crippen molar-refractivity contribution in [2.75, 3.05) is 0 Å². The Morgan fingerprint density at radius 2 is 1.95 bits per heavy atom. The quantitative estimate of drug-likeness (QED) is 0.358. The first-order valence-electron chi connectivity index (χ1n) is 7.75. The van der Waals surface area contributed by atoms with E-state index in [9.17, 15) is 4.79 Å². The predicted molar refractivity (Wildman–Crippen MR) is 92.2 cm³/mol. The Labute approximate surface area is 129 Å². The molecule has 0 atom stereocenters. The fraction of sp³-hybridized carbons (Fsp3) is 0.450. The van der Waals surface area contributed by atoms with Gasteiger partial charge in [0.1, 0.15) is 6.29 Å². The minimum Gasteiger partial charge on any atom is -0.298 e. The van der Waals surface area contributed by atoms with Crippen molar-refractivity contribution in [3.63, 3.8) is 0 Å². The van der Waals surface area contributed by atoms with Gasteiger partial charge in [0.15, 0.2) is 0 Å². The van der Waals surface area contributed by atoms with Crippen LogP contribution in [0, 0.1) is 5.41 Å². The van der Waals surface area contributed by atoms with Crippen LogP contribution in [0.15, 0.2) is 58.7 Å². The summed E-state index contributed by atoms with van der Waals surface area (Å²) >= 11 is 0. The molecule has 0 aromatic rings. The number of allylic oxidation sites excluding steroid dienone is 10. The summed E-state index contributed by atoms with van der Waals surface area (Å²) < 4.78 is 0. The van der Waals surface area contributed by atoms with Crippen molar-refractivity contribution >= 4 is 6.29 Å². The third kappa shape index (κ3) is 5.34. The van der Waals surface area contributed by atoms with Crippen LogP contribution in [0.25, 0.3) is 0 Å². The second-order valence-corrected chi connectivity index (χ2v) is 6.44. The average Bonchev–Trinajstić information content (AvgIpc) is 2.42. The molecule has 0 aromatic carbocycles. The van der Waals surface area contributed by atoms with Gasteiger partial charge in [-0.05, 0) is 51.0 Å². The van der Waals surface area contributed by atoms with E-state index in [0.717, 1.165) is 6.29 Å². The third-order valence-electron chi connectivity index (χ3n) is 4.17. The molecule has 1 rings (SSSR count). The zero-order valence-corrected chi connectivity index (χ0v) is 14.1. The highest BCUT2D eigenvalue weighted by Gasteiger charge is 2.26. The van der Waals surface area contributed by atoms with Crippen LogP contribution in [-0.2, 0) is 4.79 Å². The number of aldehydes is 1. The fourth-order valence-corrected chi connectivity index (χ4v) is 2.80. The Balaban J connectivity index is 2.82. The first-order valence-corrected chi connectivity index (χ1v) is 7.75. The smallest absolute Gasteiger partial charge is 0.149 e. The van der Waals surface area contributed by atoms with E-state index in [1.54, 1.807) is 6.08 Å². The van der Waals surface area contributed by atoms with Crippen molar-refractivity contribution in [3.05, 3.63) is 58.7 Å². The molecule has 0 fully saturated rings. The molecule has 1 nitrogen and oxygen atoms in total. The summed E-state index contributed by atoms with van der Waals surface area (Å²) in [7, 11) is 0. The minimum atomic E-state index is 0.282. The summed E-state index contributed by atoms with van der Waals surface area (Å²) in [6.45, 7) is 10.9. The molecule has 0 amide bonds. The summed E-state index contributed by atoms with van der Waals surface area (Å²) in [5, 5.41) is 0. The summed E-state index contributed by atoms with van der Waals surface area (Å²) in [6.07, 6.45) is 16.7. The topological polar surface area (TPSA) is 17.1 Å². The van der Waals surface area contributed by atoms with Crippen LogP contribution in [0.3, 0.4) is 0 Å². The van der Waals surface area contributed by atoms with Gasteiger partial charge < -0.3 is 0 Å². The molecule has 0 saturated carbocycles. The van der Waals surface area contributed by atoms with E-state index in [2.05, 4.69) is 39.8 Å². The minimum absolute atomic E-state index is 0.282. The molecule has 0 aliphatic heterocycles. The lowest BCUT2D eigenvalue weighted by atomic mass is 9.72. The second-order valence-electron chi connectivity index (χ2n) is 6.44. The first-order chi connectivity index (χ1) is 9.90. The van der Waals surface area contributed by atoms with Crippen LogP contribution >= 0.6 is 0 Å². The van der Waals surface area contributed by atoms with E-state index in [4.69, 9.17) is 0 Å². The SMILES string of the molecule is CC=C(C=O)C=CC=C(C)C=CC1=C(C)CCCC1(C)C. The van der Waals surface area contributed by atoms with E-state index < -0.39 is 0 Å². The van der Waals surface area contributed by atoms with Gasteiger partial charge in [-0.15, -0.1) is 0 Å². The molecular formula is C20H28O. The molecule has 114 valence electrons. The molecule has 0 heterocycles. The summed E-state index contributed by atoms with van der Waals surface area (Å²) in [4.78, 5) is 10.7. The van der Waals surface area contributed by atoms with Crippen LogP contribution < -0.4 is 0 Å². The number of carbonyl (C=O) groups is 1. The first kappa shape index (κ1) is 17.4. The van der Waals surface area contributed by atoms with Gasteiger partial charge in [0.25, 0.3) is 0 Å². The van der Waals surface area contributed by atoms with Crippen molar-refractivity contribution in [2.45, 2.75) is 53.9 Å². The Morgan fingerprint density at radius 1 is 1.24 bits per heavy atom. The molecule has 21 heavy (non-hydrogen) atoms. The maximum atomic E-state index is 10.7. The number of rotatable bonds is 5. The largest absolute Gasteiger partial charge is 0.298 e. The Bertz CT molecular complexity index is 522. The van der Waals surface area contributed by atoms with Crippen molar-refractivity contribution in [1.82, 2.24) is 0 Å². The van der Waals surface area contributed by atoms with Crippen molar-refractivity contribution in [1.29, 1.82) is 0 Å². The Hall–Kier alpha value is -1.63. The zero-order chi connectivity index (χ0) is 15.9. The standard InChI is InChI=1S/C20H28O/c1-6-18(15-21)11-7-9-16(2)12-13-19-17(3)10-8-14-20(19,4)5/h6-7,9,11-13,15H,8,10,14H2,1-5H3. The summed E-state index contributed by atoms with van der Waals surface area (Å²) in [5.41, 5.74) is 5.17. The molecule has 1 aliphatic rings.